The van der Waals surface area contributed by atoms with Crippen molar-refractivity contribution in [3.63, 3.8) is 0 Å². The minimum absolute atomic E-state index is 0.251. The standard InChI is InChI=1S/C14H16F4O3/c15-13(16)14(17,18)8-20-7-12(19)9-1-3-10(4-2-9)21-11-5-6-11/h1-4,11-13,19H,5-8H2. The van der Waals surface area contributed by atoms with Crippen molar-refractivity contribution < 1.29 is 32.1 Å². The van der Waals surface area contributed by atoms with Gasteiger partial charge >= 0.3 is 12.3 Å². The summed E-state index contributed by atoms with van der Waals surface area (Å²) in [4.78, 5) is 0. The number of ether oxygens (including phenoxy) is 2. The molecule has 21 heavy (non-hydrogen) atoms. The lowest BCUT2D eigenvalue weighted by Crippen LogP contribution is -2.33. The Morgan fingerprint density at radius 3 is 2.33 bits per heavy atom. The predicted molar refractivity (Wildman–Crippen MR) is 66.8 cm³/mol. The van der Waals surface area contributed by atoms with Gasteiger partial charge in [-0.3, -0.25) is 0 Å². The molecule has 118 valence electrons. The average Bonchev–Trinajstić information content (AvgIpc) is 3.23. The zero-order valence-corrected chi connectivity index (χ0v) is 11.1. The van der Waals surface area contributed by atoms with E-state index >= 15 is 0 Å². The molecule has 0 amide bonds. The van der Waals surface area contributed by atoms with E-state index in [4.69, 9.17) is 4.74 Å². The molecule has 0 heterocycles. The highest BCUT2D eigenvalue weighted by atomic mass is 19.3. The molecule has 0 spiro atoms. The Hall–Kier alpha value is -1.34. The number of hydrogen-bond donors (Lipinski definition) is 1. The van der Waals surface area contributed by atoms with Gasteiger partial charge in [0.2, 0.25) is 0 Å². The van der Waals surface area contributed by atoms with Crippen LogP contribution in [0.25, 0.3) is 0 Å². The summed E-state index contributed by atoms with van der Waals surface area (Å²) in [7, 11) is 0. The maximum Gasteiger partial charge on any atom is 0.330 e. The van der Waals surface area contributed by atoms with Gasteiger partial charge in [-0.1, -0.05) is 12.1 Å². The van der Waals surface area contributed by atoms with Crippen molar-refractivity contribution in [1.82, 2.24) is 0 Å². The maximum atomic E-state index is 12.6. The summed E-state index contributed by atoms with van der Waals surface area (Å²) in [5.74, 6) is -3.54. The van der Waals surface area contributed by atoms with Crippen LogP contribution in [0.5, 0.6) is 5.75 Å². The highest BCUT2D eigenvalue weighted by molar-refractivity contribution is 5.29. The van der Waals surface area contributed by atoms with Crippen LogP contribution in [0.15, 0.2) is 24.3 Å². The van der Waals surface area contributed by atoms with Crippen LogP contribution in [0.4, 0.5) is 17.6 Å². The van der Waals surface area contributed by atoms with Gasteiger partial charge in [-0.2, -0.15) is 8.78 Å². The molecule has 0 radical (unpaired) electrons. The lowest BCUT2D eigenvalue weighted by atomic mass is 10.1. The van der Waals surface area contributed by atoms with Crippen LogP contribution in [-0.2, 0) is 4.74 Å². The summed E-state index contributed by atoms with van der Waals surface area (Å²) in [6.45, 7) is -1.91. The summed E-state index contributed by atoms with van der Waals surface area (Å²) in [6, 6.07) is 6.48. The average molecular weight is 308 g/mol. The predicted octanol–water partition coefficient (Wildman–Crippen LogP) is 3.18. The van der Waals surface area contributed by atoms with Gasteiger partial charge < -0.3 is 14.6 Å². The van der Waals surface area contributed by atoms with E-state index in [0.29, 0.717) is 11.3 Å². The van der Waals surface area contributed by atoms with E-state index in [1.165, 1.54) is 0 Å². The summed E-state index contributed by atoms with van der Waals surface area (Å²) in [6.07, 6.45) is -2.64. The molecular weight excluding hydrogens is 292 g/mol. The Kier molecular flexibility index (Phi) is 5.05. The van der Waals surface area contributed by atoms with Gasteiger partial charge in [-0.15, -0.1) is 0 Å². The van der Waals surface area contributed by atoms with Crippen LogP contribution < -0.4 is 4.74 Å². The highest BCUT2D eigenvalue weighted by Gasteiger charge is 2.41. The van der Waals surface area contributed by atoms with Crippen molar-refractivity contribution >= 4 is 0 Å². The molecule has 1 aromatic rings. The number of hydrogen-bond acceptors (Lipinski definition) is 3. The van der Waals surface area contributed by atoms with E-state index < -0.39 is 31.7 Å². The van der Waals surface area contributed by atoms with Crippen LogP contribution in [0, 0.1) is 0 Å². The van der Waals surface area contributed by atoms with Gasteiger partial charge in [0, 0.05) is 0 Å². The van der Waals surface area contributed by atoms with Crippen LogP contribution in [0.3, 0.4) is 0 Å². The molecule has 1 aliphatic carbocycles. The molecule has 3 nitrogen and oxygen atoms in total. The third kappa shape index (κ3) is 4.86. The quantitative estimate of drug-likeness (QED) is 0.750. The van der Waals surface area contributed by atoms with E-state index in [2.05, 4.69) is 4.74 Å². The van der Waals surface area contributed by atoms with Gasteiger partial charge in [0.1, 0.15) is 18.5 Å². The fourth-order valence-electron chi connectivity index (χ4n) is 1.61. The topological polar surface area (TPSA) is 38.7 Å². The van der Waals surface area contributed by atoms with Crippen molar-refractivity contribution in [2.24, 2.45) is 0 Å². The Labute approximate surface area is 119 Å². The Morgan fingerprint density at radius 2 is 1.81 bits per heavy atom. The van der Waals surface area contributed by atoms with Crippen molar-refractivity contribution in [3.8, 4) is 5.75 Å². The SMILES string of the molecule is OC(COCC(F)(F)C(F)F)c1ccc(OC2CC2)cc1. The van der Waals surface area contributed by atoms with E-state index in [-0.39, 0.29) is 6.10 Å². The van der Waals surface area contributed by atoms with E-state index in [9.17, 15) is 22.7 Å². The maximum absolute atomic E-state index is 12.6. The molecule has 2 rings (SSSR count). The van der Waals surface area contributed by atoms with Crippen molar-refractivity contribution in [2.75, 3.05) is 13.2 Å². The largest absolute Gasteiger partial charge is 0.490 e. The molecule has 1 saturated carbocycles. The molecule has 0 aromatic heterocycles. The second-order valence-corrected chi connectivity index (χ2v) is 4.98. The zero-order chi connectivity index (χ0) is 15.5. The molecule has 1 atom stereocenters. The van der Waals surface area contributed by atoms with Gasteiger partial charge in [0.25, 0.3) is 0 Å². The number of halogens is 4. The Bertz CT molecular complexity index is 446. The third-order valence-electron chi connectivity index (χ3n) is 2.98. The summed E-state index contributed by atoms with van der Waals surface area (Å²) in [5.41, 5.74) is 0.443. The normalized spacial score (nSPS) is 17.0. The van der Waals surface area contributed by atoms with Crippen LogP contribution in [0.2, 0.25) is 0 Å². The molecule has 1 aliphatic rings. The molecule has 7 heteroatoms. The molecule has 0 saturated heterocycles. The lowest BCUT2D eigenvalue weighted by Gasteiger charge is -2.17. The smallest absolute Gasteiger partial charge is 0.330 e. The van der Waals surface area contributed by atoms with Crippen LogP contribution in [-0.4, -0.2) is 36.8 Å². The van der Waals surface area contributed by atoms with Crippen LogP contribution >= 0.6 is 0 Å². The van der Waals surface area contributed by atoms with Gasteiger partial charge in [0.05, 0.1) is 12.7 Å². The van der Waals surface area contributed by atoms with Crippen molar-refractivity contribution in [3.05, 3.63) is 29.8 Å². The van der Waals surface area contributed by atoms with Gasteiger partial charge in [-0.25, -0.2) is 8.78 Å². The first-order valence-corrected chi connectivity index (χ1v) is 6.57. The zero-order valence-electron chi connectivity index (χ0n) is 11.1. The van der Waals surface area contributed by atoms with E-state index in [1.54, 1.807) is 24.3 Å². The molecule has 0 aliphatic heterocycles. The van der Waals surface area contributed by atoms with Gasteiger partial charge in [-0.05, 0) is 30.5 Å². The molecule has 1 aromatic carbocycles. The number of alkyl halides is 4. The summed E-state index contributed by atoms with van der Waals surface area (Å²) < 4.78 is 59.0. The second kappa shape index (κ2) is 6.62. The fraction of sp³-hybridized carbons (Fsp3) is 0.571. The first kappa shape index (κ1) is 16.0. The summed E-state index contributed by atoms with van der Waals surface area (Å²) in [5, 5.41) is 9.74. The summed E-state index contributed by atoms with van der Waals surface area (Å²) >= 11 is 0. The number of rotatable bonds is 8. The number of aliphatic hydroxyl groups is 1. The molecule has 1 unspecified atom stereocenters. The molecule has 1 fully saturated rings. The highest BCUT2D eigenvalue weighted by Crippen LogP contribution is 2.28. The first-order valence-electron chi connectivity index (χ1n) is 6.57. The van der Waals surface area contributed by atoms with E-state index in [0.717, 1.165) is 12.8 Å². The van der Waals surface area contributed by atoms with Gasteiger partial charge in [0.15, 0.2) is 0 Å². The Morgan fingerprint density at radius 1 is 1.19 bits per heavy atom. The minimum atomic E-state index is -4.21. The third-order valence-corrected chi connectivity index (χ3v) is 2.98. The molecule has 0 bridgehead atoms. The van der Waals surface area contributed by atoms with Crippen LogP contribution in [0.1, 0.15) is 24.5 Å². The fourth-order valence-corrected chi connectivity index (χ4v) is 1.61. The first-order chi connectivity index (χ1) is 9.88. The minimum Gasteiger partial charge on any atom is -0.490 e. The Balaban J connectivity index is 1.78. The van der Waals surface area contributed by atoms with Crippen molar-refractivity contribution in [1.29, 1.82) is 0 Å². The molecular formula is C14H16F4O3. The number of aliphatic hydroxyl groups excluding tert-OH is 1. The van der Waals surface area contributed by atoms with Crippen molar-refractivity contribution in [2.45, 2.75) is 37.4 Å². The van der Waals surface area contributed by atoms with E-state index in [1.807, 2.05) is 0 Å². The monoisotopic (exact) mass is 308 g/mol. The number of benzene rings is 1. The second-order valence-electron chi connectivity index (χ2n) is 4.98. The molecule has 1 N–H and O–H groups in total. The lowest BCUT2D eigenvalue weighted by molar-refractivity contribution is -0.170.